The summed E-state index contributed by atoms with van der Waals surface area (Å²) in [5, 5.41) is 9.15. The summed E-state index contributed by atoms with van der Waals surface area (Å²) < 4.78 is 1.84. The molecule has 0 amide bonds. The second kappa shape index (κ2) is 4.86. The monoisotopic (exact) mass is 261 g/mol. The van der Waals surface area contributed by atoms with Crippen molar-refractivity contribution < 1.29 is 0 Å². The average molecular weight is 261 g/mol. The first kappa shape index (κ1) is 11.9. The lowest BCUT2D eigenvalue weighted by Gasteiger charge is -2.09. The highest BCUT2D eigenvalue weighted by molar-refractivity contribution is 5.62. The van der Waals surface area contributed by atoms with Crippen LogP contribution in [0.4, 0.5) is 5.69 Å². The summed E-state index contributed by atoms with van der Waals surface area (Å²) in [5.41, 5.74) is 8.39. The molecule has 2 N–H and O–H groups in total. The summed E-state index contributed by atoms with van der Waals surface area (Å²) in [6, 6.07) is 13.2. The first-order valence-corrected chi connectivity index (χ1v) is 6.04. The van der Waals surface area contributed by atoms with Crippen LogP contribution < -0.4 is 5.73 Å². The fourth-order valence-electron chi connectivity index (χ4n) is 2.02. The third-order valence-corrected chi connectivity index (χ3v) is 2.96. The molecule has 0 bridgehead atoms. The zero-order valence-corrected chi connectivity index (χ0v) is 10.6. The van der Waals surface area contributed by atoms with Crippen molar-refractivity contribution >= 4 is 5.69 Å². The number of rotatable bonds is 2. The first-order chi connectivity index (χ1) is 9.79. The molecule has 2 heterocycles. The largest absolute Gasteiger partial charge is 0.399 e. The number of nitrogens with two attached hydrogens (primary N) is 1. The lowest BCUT2D eigenvalue weighted by atomic mass is 10.2. The Morgan fingerprint density at radius 3 is 2.60 bits per heavy atom. The molecule has 20 heavy (non-hydrogen) atoms. The van der Waals surface area contributed by atoms with Crippen LogP contribution in [0, 0.1) is 11.3 Å². The van der Waals surface area contributed by atoms with Crippen molar-refractivity contribution in [3.63, 3.8) is 0 Å². The summed E-state index contributed by atoms with van der Waals surface area (Å²) in [7, 11) is 0. The molecule has 0 spiro atoms. The van der Waals surface area contributed by atoms with Gasteiger partial charge in [-0.25, -0.2) is 9.97 Å². The summed E-state index contributed by atoms with van der Waals surface area (Å²) in [6.45, 7) is 0. The van der Waals surface area contributed by atoms with Crippen molar-refractivity contribution in [2.75, 3.05) is 5.73 Å². The predicted molar refractivity (Wildman–Crippen MR) is 75.9 cm³/mol. The molecular formula is C15H11N5. The van der Waals surface area contributed by atoms with Crippen molar-refractivity contribution in [3.05, 3.63) is 60.7 Å². The Hall–Kier alpha value is -3.13. The molecule has 0 atom stereocenters. The minimum Gasteiger partial charge on any atom is -0.399 e. The van der Waals surface area contributed by atoms with E-state index in [1.807, 2.05) is 41.1 Å². The number of hydrogen-bond acceptors (Lipinski definition) is 4. The van der Waals surface area contributed by atoms with E-state index >= 15 is 0 Å². The fraction of sp³-hybridized carbons (Fsp3) is 0. The maximum absolute atomic E-state index is 9.15. The standard InChI is InChI=1S/C15H11N5/c16-10-13-14(2-1-7-18-13)20-9-8-19-15(20)11-3-5-12(17)6-4-11/h1-9H,17H2. The highest BCUT2D eigenvalue weighted by Crippen LogP contribution is 2.23. The van der Waals surface area contributed by atoms with Crippen molar-refractivity contribution in [2.45, 2.75) is 0 Å². The molecule has 1 aromatic carbocycles. The second-order valence-electron chi connectivity index (χ2n) is 4.23. The van der Waals surface area contributed by atoms with Crippen LogP contribution in [0.15, 0.2) is 55.0 Å². The molecule has 5 heteroatoms. The van der Waals surface area contributed by atoms with Gasteiger partial charge in [0.15, 0.2) is 5.69 Å². The van der Waals surface area contributed by atoms with Gasteiger partial charge in [-0.2, -0.15) is 5.26 Å². The van der Waals surface area contributed by atoms with Crippen LogP contribution in [0.3, 0.4) is 0 Å². The van der Waals surface area contributed by atoms with Crippen LogP contribution >= 0.6 is 0 Å². The Balaban J connectivity index is 2.16. The second-order valence-corrected chi connectivity index (χ2v) is 4.23. The maximum atomic E-state index is 9.15. The topological polar surface area (TPSA) is 80.5 Å². The SMILES string of the molecule is N#Cc1ncccc1-n1ccnc1-c1ccc(N)cc1. The van der Waals surface area contributed by atoms with E-state index in [9.17, 15) is 0 Å². The molecular weight excluding hydrogens is 250 g/mol. The number of anilines is 1. The minimum atomic E-state index is 0.363. The molecule has 96 valence electrons. The van der Waals surface area contributed by atoms with Crippen LogP contribution in [-0.2, 0) is 0 Å². The van der Waals surface area contributed by atoms with E-state index in [4.69, 9.17) is 11.0 Å². The van der Waals surface area contributed by atoms with E-state index in [1.54, 1.807) is 18.5 Å². The molecule has 0 aliphatic rings. The van der Waals surface area contributed by atoms with E-state index in [1.165, 1.54) is 0 Å². The fourth-order valence-corrected chi connectivity index (χ4v) is 2.02. The number of nitrogen functional groups attached to an aromatic ring is 1. The van der Waals surface area contributed by atoms with E-state index in [0.29, 0.717) is 17.1 Å². The number of aromatic nitrogens is 3. The van der Waals surface area contributed by atoms with Gasteiger partial charge in [0, 0.05) is 29.8 Å². The number of nitriles is 1. The van der Waals surface area contributed by atoms with Gasteiger partial charge >= 0.3 is 0 Å². The summed E-state index contributed by atoms with van der Waals surface area (Å²) in [4.78, 5) is 8.43. The van der Waals surface area contributed by atoms with Crippen LogP contribution in [-0.4, -0.2) is 14.5 Å². The Morgan fingerprint density at radius 2 is 1.85 bits per heavy atom. The molecule has 0 unspecified atom stereocenters. The van der Waals surface area contributed by atoms with Crippen molar-refractivity contribution in [2.24, 2.45) is 0 Å². The van der Waals surface area contributed by atoms with Crippen molar-refractivity contribution in [3.8, 4) is 23.1 Å². The van der Waals surface area contributed by atoms with E-state index in [2.05, 4.69) is 16.0 Å². The van der Waals surface area contributed by atoms with E-state index in [-0.39, 0.29) is 0 Å². The number of pyridine rings is 1. The van der Waals surface area contributed by atoms with E-state index in [0.717, 1.165) is 11.4 Å². The summed E-state index contributed by atoms with van der Waals surface area (Å²) >= 11 is 0. The van der Waals surface area contributed by atoms with Crippen molar-refractivity contribution in [1.82, 2.24) is 14.5 Å². The van der Waals surface area contributed by atoms with Crippen molar-refractivity contribution in [1.29, 1.82) is 5.26 Å². The normalized spacial score (nSPS) is 10.2. The molecule has 0 saturated heterocycles. The predicted octanol–water partition coefficient (Wildman–Crippen LogP) is 2.39. The molecule has 0 saturated carbocycles. The van der Waals surface area contributed by atoms with Gasteiger partial charge in [0.25, 0.3) is 0 Å². The average Bonchev–Trinajstić information content (AvgIpc) is 2.97. The summed E-state index contributed by atoms with van der Waals surface area (Å²) in [5.74, 6) is 0.745. The Bertz CT molecular complexity index is 781. The lowest BCUT2D eigenvalue weighted by molar-refractivity contribution is 1.04. The minimum absolute atomic E-state index is 0.363. The number of imidazole rings is 1. The highest BCUT2D eigenvalue weighted by Gasteiger charge is 2.11. The molecule has 0 radical (unpaired) electrons. The molecule has 0 aliphatic carbocycles. The first-order valence-electron chi connectivity index (χ1n) is 6.04. The molecule has 3 aromatic rings. The Labute approximate surface area is 116 Å². The number of benzene rings is 1. The third kappa shape index (κ3) is 1.99. The molecule has 5 nitrogen and oxygen atoms in total. The number of hydrogen-bond donors (Lipinski definition) is 1. The zero-order valence-electron chi connectivity index (χ0n) is 10.6. The van der Waals surface area contributed by atoms with Gasteiger partial charge in [-0.1, -0.05) is 0 Å². The van der Waals surface area contributed by atoms with Gasteiger partial charge in [0.2, 0.25) is 0 Å². The molecule has 0 fully saturated rings. The van der Waals surface area contributed by atoms with Gasteiger partial charge < -0.3 is 5.73 Å². The maximum Gasteiger partial charge on any atom is 0.164 e. The van der Waals surface area contributed by atoms with Gasteiger partial charge in [0.05, 0.1) is 5.69 Å². The quantitative estimate of drug-likeness (QED) is 0.718. The van der Waals surface area contributed by atoms with Crippen LogP contribution in [0.5, 0.6) is 0 Å². The van der Waals surface area contributed by atoms with Gasteiger partial charge in [-0.05, 0) is 36.4 Å². The van der Waals surface area contributed by atoms with Crippen LogP contribution in [0.2, 0.25) is 0 Å². The van der Waals surface area contributed by atoms with Crippen LogP contribution in [0.1, 0.15) is 5.69 Å². The lowest BCUT2D eigenvalue weighted by Crippen LogP contribution is -2.00. The zero-order chi connectivity index (χ0) is 13.9. The third-order valence-electron chi connectivity index (χ3n) is 2.96. The van der Waals surface area contributed by atoms with E-state index < -0.39 is 0 Å². The van der Waals surface area contributed by atoms with Gasteiger partial charge in [0.1, 0.15) is 11.9 Å². The summed E-state index contributed by atoms with van der Waals surface area (Å²) in [6.07, 6.45) is 5.10. The Kier molecular flexibility index (Phi) is 2.90. The van der Waals surface area contributed by atoms with Gasteiger partial charge in [-0.3, -0.25) is 4.57 Å². The molecule has 3 rings (SSSR count). The smallest absolute Gasteiger partial charge is 0.164 e. The Morgan fingerprint density at radius 1 is 1.05 bits per heavy atom. The highest BCUT2D eigenvalue weighted by atomic mass is 15.1. The molecule has 2 aromatic heterocycles. The van der Waals surface area contributed by atoms with Gasteiger partial charge in [-0.15, -0.1) is 0 Å². The molecule has 0 aliphatic heterocycles. The number of nitrogens with zero attached hydrogens (tertiary/aromatic N) is 4. The van der Waals surface area contributed by atoms with Crippen LogP contribution in [0.25, 0.3) is 17.1 Å².